The van der Waals surface area contributed by atoms with E-state index in [4.69, 9.17) is 5.73 Å². The van der Waals surface area contributed by atoms with Crippen molar-refractivity contribution in [2.24, 2.45) is 5.92 Å². The van der Waals surface area contributed by atoms with Crippen LogP contribution >= 0.6 is 0 Å². The molecule has 0 spiro atoms. The number of hydrogen-bond acceptors (Lipinski definition) is 5. The van der Waals surface area contributed by atoms with Crippen LogP contribution in [-0.2, 0) is 0 Å². The van der Waals surface area contributed by atoms with E-state index in [9.17, 15) is 0 Å². The zero-order chi connectivity index (χ0) is 12.3. The lowest BCUT2D eigenvalue weighted by molar-refractivity contribution is 0.284. The maximum atomic E-state index is 5.67. The summed E-state index contributed by atoms with van der Waals surface area (Å²) in [6.45, 7) is 3.23. The normalized spacial score (nSPS) is 17.7. The summed E-state index contributed by atoms with van der Waals surface area (Å²) in [4.78, 5) is 13.0. The highest BCUT2D eigenvalue weighted by Crippen LogP contribution is 2.21. The minimum absolute atomic E-state index is 0.547. The van der Waals surface area contributed by atoms with Gasteiger partial charge in [0.05, 0.1) is 0 Å². The van der Waals surface area contributed by atoms with E-state index in [1.807, 2.05) is 0 Å². The number of nitrogen functional groups attached to an aromatic ring is 1. The van der Waals surface area contributed by atoms with E-state index in [-0.39, 0.29) is 0 Å². The van der Waals surface area contributed by atoms with E-state index in [0.717, 1.165) is 25.0 Å². The van der Waals surface area contributed by atoms with Gasteiger partial charge in [-0.3, -0.25) is 0 Å². The zero-order valence-corrected chi connectivity index (χ0v) is 10.6. The molecule has 1 aliphatic rings. The third-order valence-corrected chi connectivity index (χ3v) is 3.19. The Bertz CT molecular complexity index is 358. The van der Waals surface area contributed by atoms with Crippen molar-refractivity contribution in [1.82, 2.24) is 14.9 Å². The molecule has 2 heterocycles. The highest BCUT2D eigenvalue weighted by molar-refractivity contribution is 5.37. The molecule has 17 heavy (non-hydrogen) atoms. The molecular weight excluding hydrogens is 214 g/mol. The standard InChI is InChI=1S/C12H21N5/c1-16(2)9-10-4-7-17(8-5-10)12-14-6-3-11(13)15-12/h3,6,10H,4-5,7-9H2,1-2H3,(H2,13,14,15). The van der Waals surface area contributed by atoms with Gasteiger partial charge in [-0.1, -0.05) is 0 Å². The smallest absolute Gasteiger partial charge is 0.227 e. The summed E-state index contributed by atoms with van der Waals surface area (Å²) in [5.74, 6) is 2.11. The number of hydrogen-bond donors (Lipinski definition) is 1. The monoisotopic (exact) mass is 235 g/mol. The maximum Gasteiger partial charge on any atom is 0.227 e. The van der Waals surface area contributed by atoms with Crippen LogP contribution in [0.25, 0.3) is 0 Å². The van der Waals surface area contributed by atoms with Crippen molar-refractivity contribution in [3.8, 4) is 0 Å². The molecule has 0 amide bonds. The Balaban J connectivity index is 1.91. The molecule has 5 heteroatoms. The summed E-state index contributed by atoms with van der Waals surface area (Å²) in [7, 11) is 4.26. The topological polar surface area (TPSA) is 58.3 Å². The van der Waals surface area contributed by atoms with Gasteiger partial charge in [0.25, 0.3) is 0 Å². The fourth-order valence-electron chi connectivity index (χ4n) is 2.35. The van der Waals surface area contributed by atoms with Gasteiger partial charge >= 0.3 is 0 Å². The van der Waals surface area contributed by atoms with Crippen LogP contribution < -0.4 is 10.6 Å². The molecule has 1 aliphatic heterocycles. The first-order chi connectivity index (χ1) is 8.15. The first-order valence-electron chi connectivity index (χ1n) is 6.13. The first kappa shape index (κ1) is 12.1. The van der Waals surface area contributed by atoms with E-state index in [1.165, 1.54) is 19.4 Å². The quantitative estimate of drug-likeness (QED) is 0.841. The molecule has 5 nitrogen and oxygen atoms in total. The van der Waals surface area contributed by atoms with Gasteiger partial charge < -0.3 is 15.5 Å². The second-order valence-electron chi connectivity index (χ2n) is 4.97. The molecule has 0 atom stereocenters. The molecule has 1 saturated heterocycles. The molecule has 1 fully saturated rings. The van der Waals surface area contributed by atoms with Gasteiger partial charge in [-0.2, -0.15) is 4.98 Å². The molecule has 2 rings (SSSR count). The summed E-state index contributed by atoms with van der Waals surface area (Å²) in [6.07, 6.45) is 4.14. The van der Waals surface area contributed by atoms with E-state index < -0.39 is 0 Å². The first-order valence-corrected chi connectivity index (χ1v) is 6.13. The van der Waals surface area contributed by atoms with Gasteiger partial charge in [0.15, 0.2) is 0 Å². The minimum atomic E-state index is 0.547. The van der Waals surface area contributed by atoms with Crippen molar-refractivity contribution in [1.29, 1.82) is 0 Å². The second-order valence-corrected chi connectivity index (χ2v) is 4.97. The summed E-state index contributed by atoms with van der Waals surface area (Å²) in [5, 5.41) is 0. The maximum absolute atomic E-state index is 5.67. The average molecular weight is 235 g/mol. The van der Waals surface area contributed by atoms with E-state index in [1.54, 1.807) is 12.3 Å². The van der Waals surface area contributed by atoms with Crippen LogP contribution in [0.15, 0.2) is 12.3 Å². The molecule has 0 aromatic carbocycles. The molecule has 94 valence electrons. The third kappa shape index (κ3) is 3.30. The predicted molar refractivity (Wildman–Crippen MR) is 69.9 cm³/mol. The van der Waals surface area contributed by atoms with Gasteiger partial charge in [-0.05, 0) is 38.9 Å². The third-order valence-electron chi connectivity index (χ3n) is 3.19. The Morgan fingerprint density at radius 1 is 1.41 bits per heavy atom. The lowest BCUT2D eigenvalue weighted by Gasteiger charge is -2.33. The average Bonchev–Trinajstić information content (AvgIpc) is 2.29. The van der Waals surface area contributed by atoms with Gasteiger partial charge in [-0.15, -0.1) is 0 Å². The fourth-order valence-corrected chi connectivity index (χ4v) is 2.35. The molecule has 2 N–H and O–H groups in total. The van der Waals surface area contributed by atoms with Crippen LogP contribution in [0.4, 0.5) is 11.8 Å². The molecule has 0 saturated carbocycles. The molecule has 1 aromatic rings. The van der Waals surface area contributed by atoms with Crippen LogP contribution in [-0.4, -0.2) is 48.6 Å². The van der Waals surface area contributed by atoms with Crippen molar-refractivity contribution in [3.05, 3.63) is 12.3 Å². The Morgan fingerprint density at radius 3 is 2.71 bits per heavy atom. The second kappa shape index (κ2) is 5.31. The largest absolute Gasteiger partial charge is 0.384 e. The Labute approximate surface area is 103 Å². The van der Waals surface area contributed by atoms with Crippen LogP contribution in [0.1, 0.15) is 12.8 Å². The highest BCUT2D eigenvalue weighted by Gasteiger charge is 2.21. The lowest BCUT2D eigenvalue weighted by Crippen LogP contribution is -2.38. The zero-order valence-electron chi connectivity index (χ0n) is 10.6. The Kier molecular flexibility index (Phi) is 3.78. The van der Waals surface area contributed by atoms with Crippen molar-refractivity contribution in [3.63, 3.8) is 0 Å². The Hall–Kier alpha value is -1.36. The van der Waals surface area contributed by atoms with Crippen molar-refractivity contribution in [2.75, 3.05) is 44.4 Å². The van der Waals surface area contributed by atoms with Crippen molar-refractivity contribution in [2.45, 2.75) is 12.8 Å². The minimum Gasteiger partial charge on any atom is -0.384 e. The highest BCUT2D eigenvalue weighted by atomic mass is 15.3. The lowest BCUT2D eigenvalue weighted by atomic mass is 9.97. The van der Waals surface area contributed by atoms with Crippen LogP contribution in [0.5, 0.6) is 0 Å². The number of nitrogens with zero attached hydrogens (tertiary/aromatic N) is 4. The van der Waals surface area contributed by atoms with Gasteiger partial charge in [0, 0.05) is 25.8 Å². The van der Waals surface area contributed by atoms with Crippen LogP contribution in [0, 0.1) is 5.92 Å². The van der Waals surface area contributed by atoms with Gasteiger partial charge in [0.1, 0.15) is 5.82 Å². The number of aromatic nitrogens is 2. The van der Waals surface area contributed by atoms with Gasteiger partial charge in [0.2, 0.25) is 5.95 Å². The van der Waals surface area contributed by atoms with Crippen molar-refractivity contribution >= 4 is 11.8 Å². The molecule has 1 aromatic heterocycles. The fraction of sp³-hybridized carbons (Fsp3) is 0.667. The Morgan fingerprint density at radius 2 is 2.12 bits per heavy atom. The van der Waals surface area contributed by atoms with E-state index >= 15 is 0 Å². The van der Waals surface area contributed by atoms with E-state index in [0.29, 0.717) is 5.82 Å². The van der Waals surface area contributed by atoms with E-state index in [2.05, 4.69) is 33.9 Å². The van der Waals surface area contributed by atoms with Crippen LogP contribution in [0.2, 0.25) is 0 Å². The molecule has 0 radical (unpaired) electrons. The summed E-state index contributed by atoms with van der Waals surface area (Å²) in [5.41, 5.74) is 5.67. The summed E-state index contributed by atoms with van der Waals surface area (Å²) >= 11 is 0. The molecular formula is C12H21N5. The SMILES string of the molecule is CN(C)CC1CCN(c2nccc(N)n2)CC1. The summed E-state index contributed by atoms with van der Waals surface area (Å²) < 4.78 is 0. The number of anilines is 2. The predicted octanol–water partition coefficient (Wildman–Crippen LogP) is 0.837. The molecule has 0 aliphatic carbocycles. The number of rotatable bonds is 3. The van der Waals surface area contributed by atoms with Gasteiger partial charge in [-0.25, -0.2) is 4.98 Å². The molecule has 0 unspecified atom stereocenters. The number of nitrogens with two attached hydrogens (primary N) is 1. The number of piperidine rings is 1. The summed E-state index contributed by atoms with van der Waals surface area (Å²) in [6, 6.07) is 1.72. The van der Waals surface area contributed by atoms with Crippen LogP contribution in [0.3, 0.4) is 0 Å². The molecule has 0 bridgehead atoms. The van der Waals surface area contributed by atoms with Crippen molar-refractivity contribution < 1.29 is 0 Å².